The summed E-state index contributed by atoms with van der Waals surface area (Å²) < 4.78 is 1.58. The van der Waals surface area contributed by atoms with Crippen LogP contribution in [0.1, 0.15) is 11.3 Å². The molecule has 1 heterocycles. The van der Waals surface area contributed by atoms with E-state index in [0.29, 0.717) is 12.2 Å². The smallest absolute Gasteiger partial charge is 0.298 e. The van der Waals surface area contributed by atoms with Crippen molar-refractivity contribution in [2.45, 2.75) is 19.9 Å². The average Bonchev–Trinajstić information content (AvgIpc) is 2.29. The molecule has 4 nitrogen and oxygen atoms in total. The molecule has 1 aromatic heterocycles. The van der Waals surface area contributed by atoms with Gasteiger partial charge >= 0.3 is 5.69 Å². The molecule has 0 bridgehead atoms. The van der Waals surface area contributed by atoms with E-state index in [1.807, 2.05) is 30.3 Å². The third-order valence-electron chi connectivity index (χ3n) is 2.71. The van der Waals surface area contributed by atoms with Crippen LogP contribution in [-0.4, -0.2) is 9.55 Å². The number of nitrogens with zero attached hydrogens (tertiary/aromatic N) is 1. The molecule has 0 aliphatic carbocycles. The zero-order valence-corrected chi connectivity index (χ0v) is 9.64. The van der Waals surface area contributed by atoms with Gasteiger partial charge in [-0.2, -0.15) is 0 Å². The number of aryl methyl sites for hydroxylation is 2. The van der Waals surface area contributed by atoms with Crippen molar-refractivity contribution in [1.82, 2.24) is 9.55 Å². The summed E-state index contributed by atoms with van der Waals surface area (Å²) in [6, 6.07) is 11.4. The lowest BCUT2D eigenvalue weighted by molar-refractivity contribution is 0.625. The number of benzene rings is 1. The minimum atomic E-state index is -0.344. The molecule has 2 rings (SSSR count). The highest BCUT2D eigenvalue weighted by molar-refractivity contribution is 5.14. The topological polar surface area (TPSA) is 54.9 Å². The second kappa shape index (κ2) is 4.82. The first kappa shape index (κ1) is 11.4. The number of hydrogen-bond donors (Lipinski definition) is 1. The third kappa shape index (κ3) is 2.72. The molecular formula is C13H14N2O2. The highest BCUT2D eigenvalue weighted by atomic mass is 16.2. The maximum atomic E-state index is 11.6. The molecule has 0 spiro atoms. The van der Waals surface area contributed by atoms with E-state index in [4.69, 9.17) is 0 Å². The molecule has 88 valence electrons. The molecule has 0 amide bonds. The Morgan fingerprint density at radius 3 is 2.53 bits per heavy atom. The third-order valence-corrected chi connectivity index (χ3v) is 2.71. The summed E-state index contributed by atoms with van der Waals surface area (Å²) in [7, 11) is 0. The molecule has 0 atom stereocenters. The van der Waals surface area contributed by atoms with Crippen molar-refractivity contribution in [3.05, 3.63) is 68.5 Å². The monoisotopic (exact) mass is 230 g/mol. The number of H-pyrrole nitrogens is 1. The van der Waals surface area contributed by atoms with E-state index in [-0.39, 0.29) is 11.2 Å². The molecule has 1 aromatic carbocycles. The summed E-state index contributed by atoms with van der Waals surface area (Å²) in [6.07, 6.45) is 0.771. The first-order chi connectivity index (χ1) is 8.16. The summed E-state index contributed by atoms with van der Waals surface area (Å²) >= 11 is 0. The van der Waals surface area contributed by atoms with Gasteiger partial charge in [0.25, 0.3) is 5.56 Å². The Morgan fingerprint density at radius 2 is 1.88 bits per heavy atom. The second-order valence-corrected chi connectivity index (χ2v) is 3.97. The van der Waals surface area contributed by atoms with Crippen LogP contribution in [0, 0.1) is 6.92 Å². The molecule has 17 heavy (non-hydrogen) atoms. The number of aromatic amines is 1. The van der Waals surface area contributed by atoms with Crippen molar-refractivity contribution < 1.29 is 0 Å². The predicted octanol–water partition coefficient (Wildman–Crippen LogP) is 1.09. The number of aromatic nitrogens is 2. The second-order valence-electron chi connectivity index (χ2n) is 3.97. The average molecular weight is 230 g/mol. The van der Waals surface area contributed by atoms with Crippen LogP contribution in [0.5, 0.6) is 0 Å². The SMILES string of the molecule is Cc1cc(=O)[nH]c(=O)n1CCc1ccccc1. The van der Waals surface area contributed by atoms with Crippen molar-refractivity contribution >= 4 is 0 Å². The predicted molar refractivity (Wildman–Crippen MR) is 66.2 cm³/mol. The van der Waals surface area contributed by atoms with Crippen molar-refractivity contribution in [3.8, 4) is 0 Å². The largest absolute Gasteiger partial charge is 0.328 e. The molecule has 1 N–H and O–H groups in total. The Balaban J connectivity index is 2.21. The molecule has 4 heteroatoms. The van der Waals surface area contributed by atoms with Crippen molar-refractivity contribution in [1.29, 1.82) is 0 Å². The van der Waals surface area contributed by atoms with E-state index in [9.17, 15) is 9.59 Å². The van der Waals surface area contributed by atoms with Crippen LogP contribution < -0.4 is 11.2 Å². The highest BCUT2D eigenvalue weighted by Gasteiger charge is 2.02. The Bertz CT molecular complexity index is 611. The Hall–Kier alpha value is -2.10. The van der Waals surface area contributed by atoms with Gasteiger partial charge in [-0.1, -0.05) is 30.3 Å². The first-order valence-electron chi connectivity index (χ1n) is 5.51. The number of rotatable bonds is 3. The van der Waals surface area contributed by atoms with Gasteiger partial charge < -0.3 is 0 Å². The molecule has 0 radical (unpaired) electrons. The highest BCUT2D eigenvalue weighted by Crippen LogP contribution is 2.01. The molecular weight excluding hydrogens is 216 g/mol. The normalized spacial score (nSPS) is 10.4. The van der Waals surface area contributed by atoms with Crippen molar-refractivity contribution in [2.75, 3.05) is 0 Å². The van der Waals surface area contributed by atoms with Crippen molar-refractivity contribution in [3.63, 3.8) is 0 Å². The van der Waals surface area contributed by atoms with E-state index in [1.54, 1.807) is 11.5 Å². The molecule has 0 aliphatic rings. The van der Waals surface area contributed by atoms with Gasteiger partial charge in [0.1, 0.15) is 0 Å². The summed E-state index contributed by atoms with van der Waals surface area (Å²) in [4.78, 5) is 24.9. The fourth-order valence-electron chi connectivity index (χ4n) is 1.80. The Morgan fingerprint density at radius 1 is 1.18 bits per heavy atom. The van der Waals surface area contributed by atoms with Gasteiger partial charge in [-0.15, -0.1) is 0 Å². The minimum Gasteiger partial charge on any atom is -0.298 e. The van der Waals surface area contributed by atoms with E-state index in [0.717, 1.165) is 6.42 Å². The summed E-state index contributed by atoms with van der Waals surface area (Å²) in [5.74, 6) is 0. The lowest BCUT2D eigenvalue weighted by atomic mass is 10.1. The van der Waals surface area contributed by atoms with Crippen LogP contribution in [0.25, 0.3) is 0 Å². The molecule has 0 aliphatic heterocycles. The minimum absolute atomic E-state index is 0.342. The Kier molecular flexibility index (Phi) is 3.23. The van der Waals surface area contributed by atoms with E-state index in [1.165, 1.54) is 11.6 Å². The Labute approximate surface area is 98.6 Å². The summed E-state index contributed by atoms with van der Waals surface area (Å²) in [6.45, 7) is 2.34. The summed E-state index contributed by atoms with van der Waals surface area (Å²) in [5.41, 5.74) is 1.18. The maximum absolute atomic E-state index is 11.6. The number of nitrogens with one attached hydrogen (secondary N) is 1. The zero-order valence-electron chi connectivity index (χ0n) is 9.64. The fourth-order valence-corrected chi connectivity index (χ4v) is 1.80. The lowest BCUT2D eigenvalue weighted by Gasteiger charge is -2.08. The van der Waals surface area contributed by atoms with Crippen molar-refractivity contribution in [2.24, 2.45) is 0 Å². The molecule has 0 unspecified atom stereocenters. The summed E-state index contributed by atoms with van der Waals surface area (Å²) in [5, 5.41) is 0. The molecule has 0 fully saturated rings. The first-order valence-corrected chi connectivity index (χ1v) is 5.51. The van der Waals surface area contributed by atoms with Gasteiger partial charge in [0.15, 0.2) is 0 Å². The van der Waals surface area contributed by atoms with Gasteiger partial charge in [0.2, 0.25) is 0 Å². The standard InChI is InChI=1S/C13H14N2O2/c1-10-9-12(16)14-13(17)15(10)8-7-11-5-3-2-4-6-11/h2-6,9H,7-8H2,1H3,(H,14,16,17). The van der Waals surface area contributed by atoms with Gasteiger partial charge in [-0.25, -0.2) is 4.79 Å². The van der Waals surface area contributed by atoms with E-state index < -0.39 is 0 Å². The van der Waals surface area contributed by atoms with Gasteiger partial charge in [0, 0.05) is 18.3 Å². The lowest BCUT2D eigenvalue weighted by Crippen LogP contribution is -2.31. The van der Waals surface area contributed by atoms with Crippen LogP contribution in [-0.2, 0) is 13.0 Å². The maximum Gasteiger partial charge on any atom is 0.328 e. The zero-order chi connectivity index (χ0) is 12.3. The molecule has 0 saturated heterocycles. The molecule has 0 saturated carbocycles. The van der Waals surface area contributed by atoms with Crippen LogP contribution in [0.2, 0.25) is 0 Å². The van der Waals surface area contributed by atoms with Gasteiger partial charge in [-0.3, -0.25) is 14.3 Å². The van der Waals surface area contributed by atoms with E-state index >= 15 is 0 Å². The van der Waals surface area contributed by atoms with E-state index in [2.05, 4.69) is 4.98 Å². The van der Waals surface area contributed by atoms with Crippen LogP contribution in [0.4, 0.5) is 0 Å². The van der Waals surface area contributed by atoms with Crippen LogP contribution in [0.3, 0.4) is 0 Å². The molecule has 2 aromatic rings. The van der Waals surface area contributed by atoms with Crippen LogP contribution >= 0.6 is 0 Å². The quantitative estimate of drug-likeness (QED) is 0.858. The van der Waals surface area contributed by atoms with Crippen LogP contribution in [0.15, 0.2) is 46.0 Å². The number of hydrogen-bond acceptors (Lipinski definition) is 2. The van der Waals surface area contributed by atoms with Gasteiger partial charge in [-0.05, 0) is 18.9 Å². The fraction of sp³-hybridized carbons (Fsp3) is 0.231. The van der Waals surface area contributed by atoms with Gasteiger partial charge in [0.05, 0.1) is 0 Å².